The summed E-state index contributed by atoms with van der Waals surface area (Å²) in [7, 11) is 0.965. The van der Waals surface area contributed by atoms with Crippen LogP contribution < -0.4 is 4.74 Å². The van der Waals surface area contributed by atoms with Gasteiger partial charge in [-0.25, -0.2) is 4.98 Å². The van der Waals surface area contributed by atoms with Crippen LogP contribution in [0, 0.1) is 0 Å². The van der Waals surface area contributed by atoms with Gasteiger partial charge in [-0.1, -0.05) is 0 Å². The molecule has 1 rings (SSSR count). The fraction of sp³-hybridized carbons (Fsp3) is 0.455. The monoisotopic (exact) mass is 351 g/mol. The molecule has 0 aliphatic heterocycles. The minimum absolute atomic E-state index is 0.521. The lowest BCUT2D eigenvalue weighted by Gasteiger charge is -2.16. The van der Waals surface area contributed by atoms with Crippen molar-refractivity contribution in [1.82, 2.24) is 4.98 Å². The van der Waals surface area contributed by atoms with Crippen molar-refractivity contribution in [2.24, 2.45) is 0 Å². The lowest BCUT2D eigenvalue weighted by molar-refractivity contribution is -0.276. The van der Waals surface area contributed by atoms with Crippen molar-refractivity contribution in [2.45, 2.75) is 24.8 Å². The lowest BCUT2D eigenvalue weighted by atomic mass is 10.1. The molecular weight excluding hydrogens is 344 g/mol. The van der Waals surface area contributed by atoms with E-state index in [2.05, 4.69) is 14.5 Å². The molecule has 0 aliphatic carbocycles. The van der Waals surface area contributed by atoms with Crippen LogP contribution in [0.2, 0.25) is 0 Å². The van der Waals surface area contributed by atoms with Gasteiger partial charge in [0.2, 0.25) is 5.88 Å². The molecule has 0 aromatic carbocycles. The number of ether oxygens (including phenoxy) is 2. The van der Waals surface area contributed by atoms with E-state index in [1.54, 1.807) is 0 Å². The number of halogens is 7. The molecule has 0 bridgehead atoms. The summed E-state index contributed by atoms with van der Waals surface area (Å²) >= 11 is 5.35. The van der Waals surface area contributed by atoms with Gasteiger partial charge in [0.15, 0.2) is 5.69 Å². The number of carbonyl (C=O) groups is 1. The van der Waals surface area contributed by atoms with Crippen LogP contribution in [0.15, 0.2) is 6.07 Å². The molecule has 1 aromatic rings. The predicted molar refractivity (Wildman–Crippen MR) is 61.2 cm³/mol. The number of aromatic nitrogens is 1. The van der Waals surface area contributed by atoms with Crippen LogP contribution >= 0.6 is 11.6 Å². The average Bonchev–Trinajstić information content (AvgIpc) is 2.37. The minimum Gasteiger partial charge on any atom is -0.469 e. The van der Waals surface area contributed by atoms with E-state index < -0.39 is 53.5 Å². The molecule has 0 amide bonds. The highest BCUT2D eigenvalue weighted by Crippen LogP contribution is 2.35. The average molecular weight is 352 g/mol. The quantitative estimate of drug-likeness (QED) is 0.473. The molecule has 22 heavy (non-hydrogen) atoms. The van der Waals surface area contributed by atoms with E-state index in [9.17, 15) is 31.1 Å². The molecule has 0 saturated carbocycles. The zero-order chi connectivity index (χ0) is 17.1. The van der Waals surface area contributed by atoms with Crippen LogP contribution in [0.1, 0.15) is 16.8 Å². The summed E-state index contributed by atoms with van der Waals surface area (Å²) in [6.07, 6.45) is -11.1. The van der Waals surface area contributed by atoms with Gasteiger partial charge >= 0.3 is 18.5 Å². The van der Waals surface area contributed by atoms with Crippen LogP contribution in [-0.4, -0.2) is 24.4 Å². The third kappa shape index (κ3) is 4.93. The Balaban J connectivity index is 3.43. The van der Waals surface area contributed by atoms with Gasteiger partial charge in [-0.05, 0) is 11.6 Å². The van der Waals surface area contributed by atoms with Crippen LogP contribution in [0.25, 0.3) is 0 Å². The molecule has 4 nitrogen and oxygen atoms in total. The largest absolute Gasteiger partial charge is 0.574 e. The number of rotatable bonds is 4. The molecule has 0 radical (unpaired) electrons. The van der Waals surface area contributed by atoms with Crippen molar-refractivity contribution in [2.75, 3.05) is 7.11 Å². The number of carbonyl (C=O) groups excluding carboxylic acids is 1. The second-order valence-electron chi connectivity index (χ2n) is 3.89. The van der Waals surface area contributed by atoms with E-state index in [-0.39, 0.29) is 0 Å². The van der Waals surface area contributed by atoms with Crippen LogP contribution in [0.4, 0.5) is 26.3 Å². The first-order valence-electron chi connectivity index (χ1n) is 5.46. The van der Waals surface area contributed by atoms with E-state index >= 15 is 0 Å². The normalized spacial score (nSPS) is 12.2. The molecule has 124 valence electrons. The van der Waals surface area contributed by atoms with Crippen LogP contribution in [-0.2, 0) is 28.0 Å². The fourth-order valence-corrected chi connectivity index (χ4v) is 1.69. The first kappa shape index (κ1) is 18.3. The van der Waals surface area contributed by atoms with Crippen molar-refractivity contribution in [3.05, 3.63) is 22.9 Å². The Labute approximate surface area is 125 Å². The highest BCUT2D eigenvalue weighted by Gasteiger charge is 2.39. The molecule has 11 heteroatoms. The maximum atomic E-state index is 12.8. The molecule has 1 aromatic heterocycles. The highest BCUT2D eigenvalue weighted by molar-refractivity contribution is 6.17. The fourth-order valence-electron chi connectivity index (χ4n) is 1.49. The Morgan fingerprint density at radius 3 is 2.23 bits per heavy atom. The van der Waals surface area contributed by atoms with Gasteiger partial charge in [0.1, 0.15) is 0 Å². The predicted octanol–water partition coefficient (Wildman–Crippen LogP) is 3.45. The van der Waals surface area contributed by atoms with Crippen LogP contribution in [0.5, 0.6) is 5.88 Å². The zero-order valence-corrected chi connectivity index (χ0v) is 11.6. The van der Waals surface area contributed by atoms with Gasteiger partial charge in [0.25, 0.3) is 0 Å². The van der Waals surface area contributed by atoms with Gasteiger partial charge < -0.3 is 9.47 Å². The molecule has 1 heterocycles. The maximum absolute atomic E-state index is 12.8. The first-order chi connectivity index (χ1) is 9.97. The summed E-state index contributed by atoms with van der Waals surface area (Å²) in [4.78, 5) is 14.0. The van der Waals surface area contributed by atoms with Gasteiger partial charge in [-0.3, -0.25) is 4.79 Å². The SMILES string of the molecule is COC(=O)Cc1cc(CCl)c(C(F)(F)F)nc1OC(F)(F)F. The van der Waals surface area contributed by atoms with Crippen molar-refractivity contribution < 1.29 is 40.6 Å². The summed E-state index contributed by atoms with van der Waals surface area (Å²) in [5.41, 5.74) is -2.72. The summed E-state index contributed by atoms with van der Waals surface area (Å²) in [6, 6.07) is 0.681. The summed E-state index contributed by atoms with van der Waals surface area (Å²) in [6.45, 7) is 0. The Morgan fingerprint density at radius 2 is 1.82 bits per heavy atom. The van der Waals surface area contributed by atoms with Gasteiger partial charge in [-0.15, -0.1) is 24.8 Å². The molecule has 0 atom stereocenters. The third-order valence-corrected chi connectivity index (χ3v) is 2.62. The number of methoxy groups -OCH3 is 1. The second-order valence-corrected chi connectivity index (χ2v) is 4.16. The smallest absolute Gasteiger partial charge is 0.469 e. The molecule has 0 fully saturated rings. The first-order valence-corrected chi connectivity index (χ1v) is 6.00. The molecular formula is C11H8ClF6NO3. The number of pyridine rings is 1. The standard InChI is InChI=1S/C11H8ClF6NO3/c1-21-7(20)3-5-2-6(4-12)8(10(13,14)15)19-9(5)22-11(16,17)18/h2H,3-4H2,1H3. The van der Waals surface area contributed by atoms with E-state index in [4.69, 9.17) is 11.6 Å². The lowest BCUT2D eigenvalue weighted by Crippen LogP contribution is -2.22. The molecule has 0 unspecified atom stereocenters. The molecule has 0 saturated heterocycles. The third-order valence-electron chi connectivity index (χ3n) is 2.33. The van der Waals surface area contributed by atoms with Crippen molar-refractivity contribution >= 4 is 17.6 Å². The van der Waals surface area contributed by atoms with Gasteiger partial charge in [0.05, 0.1) is 13.5 Å². The summed E-state index contributed by atoms with van der Waals surface area (Å²) in [5, 5.41) is 0. The number of alkyl halides is 7. The van der Waals surface area contributed by atoms with E-state index in [0.717, 1.165) is 7.11 Å². The summed E-state index contributed by atoms with van der Waals surface area (Å²) in [5.74, 6) is -3.02. The topological polar surface area (TPSA) is 48.4 Å². The van der Waals surface area contributed by atoms with Crippen LogP contribution in [0.3, 0.4) is 0 Å². The number of nitrogens with zero attached hydrogens (tertiary/aromatic N) is 1. The zero-order valence-electron chi connectivity index (χ0n) is 10.8. The maximum Gasteiger partial charge on any atom is 0.574 e. The van der Waals surface area contributed by atoms with Gasteiger partial charge in [-0.2, -0.15) is 13.2 Å². The number of hydrogen-bond acceptors (Lipinski definition) is 4. The minimum atomic E-state index is -5.27. The van der Waals surface area contributed by atoms with Crippen molar-refractivity contribution in [3.63, 3.8) is 0 Å². The summed E-state index contributed by atoms with van der Waals surface area (Å²) < 4.78 is 82.8. The number of esters is 1. The molecule has 0 N–H and O–H groups in total. The van der Waals surface area contributed by atoms with Gasteiger partial charge in [0, 0.05) is 11.4 Å². The highest BCUT2D eigenvalue weighted by atomic mass is 35.5. The molecule has 0 aliphatic rings. The van der Waals surface area contributed by atoms with E-state index in [1.165, 1.54) is 0 Å². The number of hydrogen-bond donors (Lipinski definition) is 0. The Bertz CT molecular complexity index is 558. The second kappa shape index (κ2) is 6.59. The Kier molecular flexibility index (Phi) is 5.49. The Morgan fingerprint density at radius 1 is 1.23 bits per heavy atom. The Hall–Kier alpha value is -1.71. The van der Waals surface area contributed by atoms with E-state index in [1.807, 2.05) is 0 Å². The molecule has 0 spiro atoms. The van der Waals surface area contributed by atoms with E-state index in [0.29, 0.717) is 6.07 Å². The van der Waals surface area contributed by atoms with Crippen molar-refractivity contribution in [1.29, 1.82) is 0 Å². The van der Waals surface area contributed by atoms with Crippen molar-refractivity contribution in [3.8, 4) is 5.88 Å².